The highest BCUT2D eigenvalue weighted by atomic mass is 16.1. The summed E-state index contributed by atoms with van der Waals surface area (Å²) in [4.78, 5) is 10.8. The molecule has 2 fully saturated rings. The fourth-order valence-corrected chi connectivity index (χ4v) is 1.53. The summed E-state index contributed by atoms with van der Waals surface area (Å²) in [5.41, 5.74) is 0. The van der Waals surface area contributed by atoms with Gasteiger partial charge in [-0.15, -0.1) is 0 Å². The summed E-state index contributed by atoms with van der Waals surface area (Å²) in [6.45, 7) is 1.08. The number of carbonyl (C=O) groups excluding carboxylic acids is 1. The van der Waals surface area contributed by atoms with E-state index in [0.29, 0.717) is 11.7 Å². The molecule has 0 spiro atoms. The van der Waals surface area contributed by atoms with Crippen molar-refractivity contribution in [3.63, 3.8) is 0 Å². The molecule has 1 heterocycles. The Kier molecular flexibility index (Phi) is 0.742. The highest BCUT2D eigenvalue weighted by molar-refractivity contribution is 5.87. The smallest absolute Gasteiger partial charge is 0.150 e. The molecular weight excluding hydrogens is 102 g/mol. The predicted octanol–water partition coefficient (Wildman–Crippen LogP) is -0.0627. The van der Waals surface area contributed by atoms with Crippen molar-refractivity contribution in [3.05, 3.63) is 0 Å². The van der Waals surface area contributed by atoms with Crippen molar-refractivity contribution in [2.45, 2.75) is 18.9 Å². The van der Waals surface area contributed by atoms with Gasteiger partial charge in [-0.1, -0.05) is 0 Å². The molecule has 0 aromatic carbocycles. The highest BCUT2D eigenvalue weighted by Crippen LogP contribution is 2.27. The van der Waals surface area contributed by atoms with E-state index in [-0.39, 0.29) is 6.04 Å². The standard InChI is InChI=1S/C6H9NO/c8-5-2-1-4-3-7-6(4)5/h4,6-7H,1-3H2. The van der Waals surface area contributed by atoms with Crippen LogP contribution in [0.2, 0.25) is 0 Å². The summed E-state index contributed by atoms with van der Waals surface area (Å²) in [6.07, 6.45) is 1.96. The Morgan fingerprint density at radius 1 is 1.62 bits per heavy atom. The van der Waals surface area contributed by atoms with Crippen molar-refractivity contribution in [2.24, 2.45) is 5.92 Å². The van der Waals surface area contributed by atoms with Crippen LogP contribution in [0.15, 0.2) is 0 Å². The van der Waals surface area contributed by atoms with Crippen molar-refractivity contribution in [1.82, 2.24) is 5.32 Å². The molecule has 1 aliphatic heterocycles. The van der Waals surface area contributed by atoms with Crippen molar-refractivity contribution in [1.29, 1.82) is 0 Å². The number of ketones is 1. The van der Waals surface area contributed by atoms with Crippen molar-refractivity contribution >= 4 is 5.78 Å². The van der Waals surface area contributed by atoms with Gasteiger partial charge in [-0.3, -0.25) is 4.79 Å². The van der Waals surface area contributed by atoms with Gasteiger partial charge in [0.2, 0.25) is 0 Å². The van der Waals surface area contributed by atoms with Crippen LogP contribution in [0.4, 0.5) is 0 Å². The Hall–Kier alpha value is -0.370. The monoisotopic (exact) mass is 111 g/mol. The zero-order valence-corrected chi connectivity index (χ0v) is 4.68. The Balaban J connectivity index is 2.15. The Bertz CT molecular complexity index is 132. The molecule has 2 rings (SSSR count). The fraction of sp³-hybridized carbons (Fsp3) is 0.833. The number of hydrogen-bond acceptors (Lipinski definition) is 2. The van der Waals surface area contributed by atoms with E-state index >= 15 is 0 Å². The van der Waals surface area contributed by atoms with E-state index in [1.54, 1.807) is 0 Å². The van der Waals surface area contributed by atoms with Gasteiger partial charge < -0.3 is 5.32 Å². The average Bonchev–Trinajstić information content (AvgIpc) is 1.80. The maximum Gasteiger partial charge on any atom is 0.150 e. The topological polar surface area (TPSA) is 29.1 Å². The van der Waals surface area contributed by atoms with E-state index in [1.807, 2.05) is 0 Å². The third-order valence-corrected chi connectivity index (χ3v) is 2.18. The second kappa shape index (κ2) is 1.32. The molecule has 44 valence electrons. The average molecular weight is 111 g/mol. The van der Waals surface area contributed by atoms with Gasteiger partial charge in [-0.2, -0.15) is 0 Å². The first-order valence-electron chi connectivity index (χ1n) is 3.14. The lowest BCUT2D eigenvalue weighted by molar-refractivity contribution is -0.120. The summed E-state index contributed by atoms with van der Waals surface area (Å²) < 4.78 is 0. The fourth-order valence-electron chi connectivity index (χ4n) is 1.53. The molecule has 2 heteroatoms. The number of fused-ring (bicyclic) bond motifs is 1. The van der Waals surface area contributed by atoms with Gasteiger partial charge in [0.1, 0.15) is 5.78 Å². The lowest BCUT2D eigenvalue weighted by Gasteiger charge is -2.30. The number of Topliss-reactive ketones (excluding diaryl/α,β-unsaturated/α-hetero) is 1. The van der Waals surface area contributed by atoms with Crippen LogP contribution in [-0.4, -0.2) is 18.4 Å². The van der Waals surface area contributed by atoms with Gasteiger partial charge >= 0.3 is 0 Å². The largest absolute Gasteiger partial charge is 0.307 e. The highest BCUT2D eigenvalue weighted by Gasteiger charge is 2.40. The summed E-state index contributed by atoms with van der Waals surface area (Å²) in [6, 6.07) is 0.273. The Morgan fingerprint density at radius 2 is 2.50 bits per heavy atom. The van der Waals surface area contributed by atoms with E-state index in [9.17, 15) is 4.79 Å². The predicted molar refractivity (Wildman–Crippen MR) is 29.5 cm³/mol. The third kappa shape index (κ3) is 0.388. The molecule has 0 bridgehead atoms. The van der Waals surface area contributed by atoms with Gasteiger partial charge in [0.15, 0.2) is 0 Å². The van der Waals surface area contributed by atoms with Crippen molar-refractivity contribution < 1.29 is 4.79 Å². The Labute approximate surface area is 48.3 Å². The molecule has 2 aliphatic rings. The minimum atomic E-state index is 0.273. The zero-order valence-electron chi connectivity index (χ0n) is 4.68. The second-order valence-electron chi connectivity index (χ2n) is 2.65. The van der Waals surface area contributed by atoms with E-state index in [1.165, 1.54) is 0 Å². The molecule has 1 aliphatic carbocycles. The van der Waals surface area contributed by atoms with Gasteiger partial charge in [0.05, 0.1) is 6.04 Å². The summed E-state index contributed by atoms with van der Waals surface area (Å²) in [5.74, 6) is 1.14. The van der Waals surface area contributed by atoms with E-state index < -0.39 is 0 Å². The van der Waals surface area contributed by atoms with E-state index in [4.69, 9.17) is 0 Å². The first-order valence-corrected chi connectivity index (χ1v) is 3.14. The van der Waals surface area contributed by atoms with Gasteiger partial charge in [-0.05, 0) is 12.3 Å². The lowest BCUT2D eigenvalue weighted by atomic mass is 9.96. The van der Waals surface area contributed by atoms with Gasteiger partial charge in [0, 0.05) is 13.0 Å². The zero-order chi connectivity index (χ0) is 5.56. The second-order valence-corrected chi connectivity index (χ2v) is 2.65. The quantitative estimate of drug-likeness (QED) is 0.474. The first-order chi connectivity index (χ1) is 3.88. The van der Waals surface area contributed by atoms with Crippen LogP contribution in [0.5, 0.6) is 0 Å². The minimum Gasteiger partial charge on any atom is -0.307 e. The van der Waals surface area contributed by atoms with Gasteiger partial charge in [0.25, 0.3) is 0 Å². The third-order valence-electron chi connectivity index (χ3n) is 2.18. The SMILES string of the molecule is O=C1CCC2CNC12. The molecule has 0 amide bonds. The molecule has 1 N–H and O–H groups in total. The molecule has 8 heavy (non-hydrogen) atoms. The maximum absolute atomic E-state index is 10.8. The molecule has 1 saturated heterocycles. The van der Waals surface area contributed by atoms with Gasteiger partial charge in [-0.25, -0.2) is 0 Å². The van der Waals surface area contributed by atoms with Crippen molar-refractivity contribution in [2.75, 3.05) is 6.54 Å². The van der Waals surface area contributed by atoms with Crippen molar-refractivity contribution in [3.8, 4) is 0 Å². The van der Waals surface area contributed by atoms with Crippen LogP contribution >= 0.6 is 0 Å². The lowest BCUT2D eigenvalue weighted by Crippen LogP contribution is -2.52. The maximum atomic E-state index is 10.8. The van der Waals surface area contributed by atoms with E-state index in [0.717, 1.165) is 19.4 Å². The molecule has 0 aromatic heterocycles. The summed E-state index contributed by atoms with van der Waals surface area (Å²) in [7, 11) is 0. The molecule has 0 aromatic rings. The van der Waals surface area contributed by atoms with Crippen LogP contribution in [-0.2, 0) is 4.79 Å². The molecule has 2 unspecified atom stereocenters. The molecule has 1 saturated carbocycles. The minimum absolute atomic E-state index is 0.273. The number of nitrogens with one attached hydrogen (secondary N) is 1. The molecular formula is C6H9NO. The number of rotatable bonds is 0. The van der Waals surface area contributed by atoms with Crippen LogP contribution in [0.25, 0.3) is 0 Å². The molecule has 2 atom stereocenters. The van der Waals surface area contributed by atoms with Crippen LogP contribution in [0.1, 0.15) is 12.8 Å². The van der Waals surface area contributed by atoms with E-state index in [2.05, 4.69) is 5.32 Å². The summed E-state index contributed by atoms with van der Waals surface area (Å²) >= 11 is 0. The molecule has 2 nitrogen and oxygen atoms in total. The van der Waals surface area contributed by atoms with Crippen LogP contribution in [0.3, 0.4) is 0 Å². The van der Waals surface area contributed by atoms with Crippen LogP contribution in [0, 0.1) is 5.92 Å². The van der Waals surface area contributed by atoms with Crippen LogP contribution < -0.4 is 5.32 Å². The number of carbonyl (C=O) groups is 1. The molecule has 0 radical (unpaired) electrons. The summed E-state index contributed by atoms with van der Waals surface area (Å²) in [5, 5.41) is 3.11. The first kappa shape index (κ1) is 4.50. The number of hydrogen-bond donors (Lipinski definition) is 1. The Morgan fingerprint density at radius 3 is 2.75 bits per heavy atom. The normalized spacial score (nSPS) is 43.8.